The van der Waals surface area contributed by atoms with Crippen molar-refractivity contribution in [3.8, 4) is 11.5 Å². The third-order valence-corrected chi connectivity index (χ3v) is 4.52. The first kappa shape index (κ1) is 16.4. The van der Waals surface area contributed by atoms with Crippen LogP contribution in [0.4, 0.5) is 0 Å². The van der Waals surface area contributed by atoms with Crippen LogP contribution in [0.3, 0.4) is 0 Å². The van der Waals surface area contributed by atoms with Crippen LogP contribution < -0.4 is 5.73 Å². The molecule has 2 N–H and O–H groups in total. The van der Waals surface area contributed by atoms with E-state index >= 15 is 0 Å². The van der Waals surface area contributed by atoms with E-state index in [9.17, 15) is 0 Å². The maximum atomic E-state index is 6.13. The molecule has 1 atom stereocenters. The van der Waals surface area contributed by atoms with Crippen molar-refractivity contribution < 1.29 is 4.52 Å². The third kappa shape index (κ3) is 4.03. The summed E-state index contributed by atoms with van der Waals surface area (Å²) in [7, 11) is 0. The average Bonchev–Trinajstić information content (AvgIpc) is 2.97. The minimum Gasteiger partial charge on any atom is -0.334 e. The van der Waals surface area contributed by atoms with Gasteiger partial charge >= 0.3 is 0 Å². The first-order valence-corrected chi connectivity index (χ1v) is 7.99. The minimum atomic E-state index is -0.270. The van der Waals surface area contributed by atoms with Crippen molar-refractivity contribution in [1.82, 2.24) is 15.0 Å². The summed E-state index contributed by atoms with van der Waals surface area (Å²) in [6.07, 6.45) is 0. The fourth-order valence-corrected chi connectivity index (χ4v) is 2.40. The smallest absolute Gasteiger partial charge is 0.258 e. The Kier molecular flexibility index (Phi) is 5.75. The Bertz CT molecular complexity index is 600. The zero-order chi connectivity index (χ0) is 15.4. The Balaban J connectivity index is 2.15. The van der Waals surface area contributed by atoms with Crippen molar-refractivity contribution in [3.63, 3.8) is 0 Å². The molecule has 2 rings (SSSR count). The van der Waals surface area contributed by atoms with E-state index in [1.165, 1.54) is 0 Å². The minimum absolute atomic E-state index is 0.270. The van der Waals surface area contributed by atoms with Crippen LogP contribution in [0.15, 0.2) is 27.2 Å². The molecular formula is C14H18BrClN4O. The van der Waals surface area contributed by atoms with Crippen LogP contribution >= 0.6 is 27.5 Å². The quantitative estimate of drug-likeness (QED) is 0.839. The van der Waals surface area contributed by atoms with Crippen molar-refractivity contribution in [2.75, 3.05) is 19.6 Å². The van der Waals surface area contributed by atoms with Crippen LogP contribution in [0.2, 0.25) is 5.02 Å². The van der Waals surface area contributed by atoms with E-state index in [0.29, 0.717) is 23.3 Å². The Morgan fingerprint density at radius 1 is 1.38 bits per heavy atom. The van der Waals surface area contributed by atoms with E-state index < -0.39 is 0 Å². The van der Waals surface area contributed by atoms with Crippen LogP contribution in [0.5, 0.6) is 0 Å². The number of hydrogen-bond acceptors (Lipinski definition) is 5. The summed E-state index contributed by atoms with van der Waals surface area (Å²) in [5, 5.41) is 4.57. The molecule has 1 heterocycles. The first-order chi connectivity index (χ1) is 10.0. The molecule has 0 aliphatic heterocycles. The molecule has 1 aromatic heterocycles. The summed E-state index contributed by atoms with van der Waals surface area (Å²) < 4.78 is 6.11. The number of aromatic nitrogens is 2. The molecule has 0 radical (unpaired) electrons. The van der Waals surface area contributed by atoms with E-state index in [2.05, 4.69) is 44.8 Å². The topological polar surface area (TPSA) is 68.2 Å². The summed E-state index contributed by atoms with van der Waals surface area (Å²) in [6, 6.07) is 5.22. The molecule has 0 fully saturated rings. The second kappa shape index (κ2) is 7.35. The largest absolute Gasteiger partial charge is 0.334 e. The van der Waals surface area contributed by atoms with E-state index in [-0.39, 0.29) is 6.04 Å². The normalized spacial score (nSPS) is 12.9. The fraction of sp³-hybridized carbons (Fsp3) is 0.429. The highest BCUT2D eigenvalue weighted by molar-refractivity contribution is 9.10. The predicted octanol–water partition coefficient (Wildman–Crippen LogP) is 3.49. The molecule has 21 heavy (non-hydrogen) atoms. The fourth-order valence-electron chi connectivity index (χ4n) is 1.97. The van der Waals surface area contributed by atoms with E-state index in [1.807, 2.05) is 12.1 Å². The second-order valence-corrected chi connectivity index (χ2v) is 5.94. The van der Waals surface area contributed by atoms with Crippen molar-refractivity contribution in [3.05, 3.63) is 33.5 Å². The van der Waals surface area contributed by atoms with E-state index in [4.69, 9.17) is 21.9 Å². The standard InChI is InChI=1S/C14H18BrClN4O/c1-3-20(4-2)8-12(17)13-18-14(21-19-13)9-5-6-10(15)11(16)7-9/h5-7,12H,3-4,8,17H2,1-2H3. The zero-order valence-electron chi connectivity index (χ0n) is 12.0. The molecule has 0 spiro atoms. The van der Waals surface area contributed by atoms with Gasteiger partial charge in [-0.3, -0.25) is 0 Å². The predicted molar refractivity (Wildman–Crippen MR) is 87.2 cm³/mol. The maximum Gasteiger partial charge on any atom is 0.258 e. The number of nitrogens with zero attached hydrogens (tertiary/aromatic N) is 3. The highest BCUT2D eigenvalue weighted by Gasteiger charge is 2.17. The monoisotopic (exact) mass is 372 g/mol. The zero-order valence-corrected chi connectivity index (χ0v) is 14.4. The average molecular weight is 374 g/mol. The van der Waals surface area contributed by atoms with E-state index in [0.717, 1.165) is 23.1 Å². The SMILES string of the molecule is CCN(CC)CC(N)c1noc(-c2ccc(Br)c(Cl)c2)n1. The molecule has 0 saturated carbocycles. The number of halogens is 2. The lowest BCUT2D eigenvalue weighted by molar-refractivity contribution is 0.278. The number of hydrogen-bond donors (Lipinski definition) is 1. The van der Waals surface area contributed by atoms with Crippen molar-refractivity contribution in [2.24, 2.45) is 5.73 Å². The van der Waals surface area contributed by atoms with Crippen molar-refractivity contribution in [1.29, 1.82) is 0 Å². The van der Waals surface area contributed by atoms with Gasteiger partial charge in [0.1, 0.15) is 0 Å². The highest BCUT2D eigenvalue weighted by Crippen LogP contribution is 2.28. The molecule has 114 valence electrons. The number of nitrogens with two attached hydrogens (primary N) is 1. The van der Waals surface area contributed by atoms with Gasteiger partial charge in [0.25, 0.3) is 5.89 Å². The number of rotatable bonds is 6. The Morgan fingerprint density at radius 3 is 2.71 bits per heavy atom. The molecule has 0 bridgehead atoms. The lowest BCUT2D eigenvalue weighted by Gasteiger charge is -2.20. The van der Waals surface area contributed by atoms with Crippen LogP contribution in [0.25, 0.3) is 11.5 Å². The second-order valence-electron chi connectivity index (χ2n) is 4.68. The van der Waals surface area contributed by atoms with Crippen LogP contribution in [-0.2, 0) is 0 Å². The molecule has 0 aliphatic rings. The van der Waals surface area contributed by atoms with Gasteiger partial charge in [0.2, 0.25) is 0 Å². The Labute approximate surface area is 137 Å². The van der Waals surface area contributed by atoms with Gasteiger partial charge in [-0.15, -0.1) is 0 Å². The van der Waals surface area contributed by atoms with Crippen LogP contribution in [0.1, 0.15) is 25.7 Å². The van der Waals surface area contributed by atoms with Gasteiger partial charge < -0.3 is 15.2 Å². The van der Waals surface area contributed by atoms with Gasteiger partial charge in [-0.1, -0.05) is 30.6 Å². The van der Waals surface area contributed by atoms with Gasteiger partial charge in [-0.05, 0) is 47.2 Å². The summed E-state index contributed by atoms with van der Waals surface area (Å²) in [4.78, 5) is 6.59. The Hall–Kier alpha value is -0.950. The van der Waals surface area contributed by atoms with Crippen LogP contribution in [0, 0.1) is 0 Å². The summed E-state index contributed by atoms with van der Waals surface area (Å²) >= 11 is 9.42. The van der Waals surface area contributed by atoms with Gasteiger partial charge in [-0.2, -0.15) is 4.98 Å². The molecule has 0 amide bonds. The molecule has 1 aromatic carbocycles. The van der Waals surface area contributed by atoms with E-state index in [1.54, 1.807) is 6.07 Å². The lowest BCUT2D eigenvalue weighted by atomic mass is 10.2. The van der Waals surface area contributed by atoms with Crippen molar-refractivity contribution in [2.45, 2.75) is 19.9 Å². The summed E-state index contributed by atoms with van der Waals surface area (Å²) in [5.74, 6) is 0.935. The molecule has 5 nitrogen and oxygen atoms in total. The van der Waals surface area contributed by atoms with Gasteiger partial charge in [0.15, 0.2) is 5.82 Å². The highest BCUT2D eigenvalue weighted by atomic mass is 79.9. The summed E-state index contributed by atoms with van der Waals surface area (Å²) in [6.45, 7) is 6.78. The molecular weight excluding hydrogens is 356 g/mol. The number of benzene rings is 1. The van der Waals surface area contributed by atoms with Crippen molar-refractivity contribution >= 4 is 27.5 Å². The van der Waals surface area contributed by atoms with Crippen LogP contribution in [-0.4, -0.2) is 34.7 Å². The lowest BCUT2D eigenvalue weighted by Crippen LogP contribution is -2.32. The van der Waals surface area contributed by atoms with Gasteiger partial charge in [0.05, 0.1) is 11.1 Å². The van der Waals surface area contributed by atoms with Gasteiger partial charge in [0, 0.05) is 16.6 Å². The Morgan fingerprint density at radius 2 is 2.10 bits per heavy atom. The first-order valence-electron chi connectivity index (χ1n) is 6.82. The summed E-state index contributed by atoms with van der Waals surface area (Å²) in [5.41, 5.74) is 6.91. The molecule has 1 unspecified atom stereocenters. The maximum absolute atomic E-state index is 6.13. The molecule has 2 aromatic rings. The molecule has 0 aliphatic carbocycles. The number of likely N-dealkylation sites (N-methyl/N-ethyl adjacent to an activating group) is 1. The van der Waals surface area contributed by atoms with Gasteiger partial charge in [-0.25, -0.2) is 0 Å². The molecule has 7 heteroatoms. The molecule has 0 saturated heterocycles. The third-order valence-electron chi connectivity index (χ3n) is 3.29.